The molecule has 0 bridgehead atoms. The normalized spacial score (nSPS) is 15.3. The molecule has 4 aromatic rings. The molecule has 32 heavy (non-hydrogen) atoms. The molecule has 4 nitrogen and oxygen atoms in total. The summed E-state index contributed by atoms with van der Waals surface area (Å²) in [5, 5.41) is 0.796. The predicted octanol–water partition coefficient (Wildman–Crippen LogP) is 6.02. The average Bonchev–Trinajstić information content (AvgIpc) is 3.36. The van der Waals surface area contributed by atoms with Gasteiger partial charge in [0.2, 0.25) is 0 Å². The Bertz CT molecular complexity index is 1220. The first-order valence-electron chi connectivity index (χ1n) is 10.8. The van der Waals surface area contributed by atoms with Crippen LogP contribution >= 0.6 is 11.6 Å². The van der Waals surface area contributed by atoms with Crippen molar-refractivity contribution in [2.45, 2.75) is 25.4 Å². The lowest BCUT2D eigenvalue weighted by Gasteiger charge is -2.24. The molecule has 0 radical (unpaired) electrons. The smallest absolute Gasteiger partial charge is 0.123 e. The minimum atomic E-state index is -0.245. The van der Waals surface area contributed by atoms with Gasteiger partial charge >= 0.3 is 0 Å². The second-order valence-electron chi connectivity index (χ2n) is 8.32. The molecule has 1 unspecified atom stereocenters. The molecule has 0 fully saturated rings. The van der Waals surface area contributed by atoms with Crippen molar-refractivity contribution in [1.29, 1.82) is 0 Å². The number of nitrogens with zero attached hydrogens (tertiary/aromatic N) is 4. The number of rotatable bonds is 6. The molecular formula is C26H24ClFN4. The first kappa shape index (κ1) is 20.9. The van der Waals surface area contributed by atoms with E-state index in [4.69, 9.17) is 16.6 Å². The number of aromatic nitrogens is 3. The first-order chi connectivity index (χ1) is 15.6. The van der Waals surface area contributed by atoms with Crippen molar-refractivity contribution in [3.05, 3.63) is 95.3 Å². The summed E-state index contributed by atoms with van der Waals surface area (Å²) < 4.78 is 15.9. The maximum atomic E-state index is 13.6. The molecule has 3 heterocycles. The van der Waals surface area contributed by atoms with Gasteiger partial charge in [-0.2, -0.15) is 0 Å². The Morgan fingerprint density at radius 1 is 1.03 bits per heavy atom. The molecule has 162 valence electrons. The Balaban J connectivity index is 1.50. The lowest BCUT2D eigenvalue weighted by Crippen LogP contribution is -2.26. The molecule has 1 aliphatic rings. The predicted molar refractivity (Wildman–Crippen MR) is 126 cm³/mol. The Labute approximate surface area is 192 Å². The fourth-order valence-electron chi connectivity index (χ4n) is 4.58. The summed E-state index contributed by atoms with van der Waals surface area (Å²) in [6, 6.07) is 18.9. The summed E-state index contributed by atoms with van der Waals surface area (Å²) in [6.07, 6.45) is 5.56. The van der Waals surface area contributed by atoms with Gasteiger partial charge in [0, 0.05) is 54.1 Å². The van der Waals surface area contributed by atoms with E-state index in [1.807, 2.05) is 30.3 Å². The zero-order valence-electron chi connectivity index (χ0n) is 17.9. The zero-order chi connectivity index (χ0) is 22.1. The highest BCUT2D eigenvalue weighted by Gasteiger charge is 2.30. The number of hydrogen-bond donors (Lipinski definition) is 0. The molecule has 0 saturated heterocycles. The second-order valence-corrected chi connectivity index (χ2v) is 8.73. The summed E-state index contributed by atoms with van der Waals surface area (Å²) in [5.41, 5.74) is 5.08. The highest BCUT2D eigenvalue weighted by atomic mass is 35.5. The minimum absolute atomic E-state index is 0.245. The van der Waals surface area contributed by atoms with Crippen LogP contribution in [0.15, 0.2) is 73.1 Å². The van der Waals surface area contributed by atoms with Gasteiger partial charge in [-0.25, -0.2) is 9.37 Å². The van der Waals surface area contributed by atoms with Gasteiger partial charge in [-0.15, -0.1) is 0 Å². The highest BCUT2D eigenvalue weighted by Crippen LogP contribution is 2.40. The first-order valence-corrected chi connectivity index (χ1v) is 11.2. The van der Waals surface area contributed by atoms with Gasteiger partial charge < -0.3 is 9.47 Å². The van der Waals surface area contributed by atoms with E-state index >= 15 is 0 Å². The third-order valence-corrected chi connectivity index (χ3v) is 6.41. The fraction of sp³-hybridized carbons (Fsp3) is 0.231. The van der Waals surface area contributed by atoms with Crippen molar-refractivity contribution in [2.24, 2.45) is 0 Å². The third-order valence-electron chi connectivity index (χ3n) is 6.04. The largest absolute Gasteiger partial charge is 0.323 e. The van der Waals surface area contributed by atoms with Crippen molar-refractivity contribution >= 4 is 11.6 Å². The van der Waals surface area contributed by atoms with E-state index in [0.717, 1.165) is 64.9 Å². The van der Waals surface area contributed by atoms with E-state index in [9.17, 15) is 4.39 Å². The van der Waals surface area contributed by atoms with Gasteiger partial charge in [0.25, 0.3) is 0 Å². The molecule has 1 atom stereocenters. The quantitative estimate of drug-likeness (QED) is 0.363. The van der Waals surface area contributed by atoms with Gasteiger partial charge in [-0.05, 0) is 61.5 Å². The number of aryl methyl sites for hydroxylation is 1. The molecule has 6 heteroatoms. The van der Waals surface area contributed by atoms with Gasteiger partial charge in [0.1, 0.15) is 11.6 Å². The number of fused-ring (bicyclic) bond motifs is 1. The molecular weight excluding hydrogens is 423 g/mol. The van der Waals surface area contributed by atoms with Crippen molar-refractivity contribution in [2.75, 3.05) is 13.6 Å². The Morgan fingerprint density at radius 3 is 2.53 bits per heavy atom. The highest BCUT2D eigenvalue weighted by molar-refractivity contribution is 6.31. The molecule has 0 spiro atoms. The topological polar surface area (TPSA) is 34.0 Å². The van der Waals surface area contributed by atoms with Crippen molar-refractivity contribution in [3.8, 4) is 22.5 Å². The molecule has 2 aromatic heterocycles. The van der Waals surface area contributed by atoms with Gasteiger partial charge in [-0.3, -0.25) is 4.98 Å². The molecule has 5 rings (SSSR count). The number of pyridine rings is 1. The number of likely N-dealkylation sites (N-methyl/N-ethyl adjacent to an activating group) is 1. The summed E-state index contributed by atoms with van der Waals surface area (Å²) in [4.78, 5) is 11.5. The monoisotopic (exact) mass is 446 g/mol. The van der Waals surface area contributed by atoms with E-state index in [1.165, 1.54) is 12.1 Å². The van der Waals surface area contributed by atoms with E-state index in [0.29, 0.717) is 6.04 Å². The van der Waals surface area contributed by atoms with Crippen molar-refractivity contribution in [3.63, 3.8) is 0 Å². The van der Waals surface area contributed by atoms with Crippen LogP contribution in [0.25, 0.3) is 22.5 Å². The number of hydrogen-bond acceptors (Lipinski definition) is 3. The van der Waals surface area contributed by atoms with Crippen LogP contribution in [0, 0.1) is 5.82 Å². The van der Waals surface area contributed by atoms with Crippen LogP contribution in [-0.2, 0) is 13.0 Å². The molecule has 0 N–H and O–H groups in total. The van der Waals surface area contributed by atoms with Crippen LogP contribution in [0.3, 0.4) is 0 Å². The van der Waals surface area contributed by atoms with Crippen LogP contribution in [0.4, 0.5) is 4.39 Å². The standard InChI is InChI=1S/C26H24ClFN4/c1-31(16-20-4-2-3-5-23(20)27)17-22-10-11-24-30-25(18-6-8-21(28)9-7-18)26(32(22)24)19-12-14-29-15-13-19/h2-9,12-15,22H,10-11,16-17H2,1H3. The molecule has 0 saturated carbocycles. The van der Waals surface area contributed by atoms with Gasteiger partial charge in [-0.1, -0.05) is 29.8 Å². The SMILES string of the molecule is CN(Cc1ccccc1Cl)CC1CCc2nc(-c3ccc(F)cc3)c(-c3ccncc3)n21. The summed E-state index contributed by atoms with van der Waals surface area (Å²) in [5.74, 6) is 0.831. The fourth-order valence-corrected chi connectivity index (χ4v) is 4.78. The van der Waals surface area contributed by atoms with Gasteiger partial charge in [0.05, 0.1) is 11.4 Å². The van der Waals surface area contributed by atoms with Crippen LogP contribution < -0.4 is 0 Å². The van der Waals surface area contributed by atoms with Crippen LogP contribution in [0.5, 0.6) is 0 Å². The lowest BCUT2D eigenvalue weighted by molar-refractivity contribution is 0.274. The zero-order valence-corrected chi connectivity index (χ0v) is 18.6. The van der Waals surface area contributed by atoms with Crippen LogP contribution in [0.2, 0.25) is 5.02 Å². The summed E-state index contributed by atoms with van der Waals surface area (Å²) >= 11 is 6.38. The Morgan fingerprint density at radius 2 is 1.78 bits per heavy atom. The van der Waals surface area contributed by atoms with E-state index in [1.54, 1.807) is 24.5 Å². The van der Waals surface area contributed by atoms with E-state index in [-0.39, 0.29) is 5.82 Å². The van der Waals surface area contributed by atoms with Crippen LogP contribution in [0.1, 0.15) is 23.9 Å². The average molecular weight is 447 g/mol. The third kappa shape index (κ3) is 4.06. The number of benzene rings is 2. The second kappa shape index (κ2) is 8.85. The van der Waals surface area contributed by atoms with E-state index in [2.05, 4.69) is 27.6 Å². The number of halogens is 2. The van der Waals surface area contributed by atoms with Crippen molar-refractivity contribution < 1.29 is 4.39 Å². The maximum Gasteiger partial charge on any atom is 0.123 e. The summed E-state index contributed by atoms with van der Waals surface area (Å²) in [7, 11) is 2.13. The lowest BCUT2D eigenvalue weighted by atomic mass is 10.0. The Kier molecular flexibility index (Phi) is 5.77. The molecule has 0 aliphatic carbocycles. The minimum Gasteiger partial charge on any atom is -0.323 e. The summed E-state index contributed by atoms with van der Waals surface area (Å²) in [6.45, 7) is 1.67. The molecule has 2 aromatic carbocycles. The van der Waals surface area contributed by atoms with E-state index < -0.39 is 0 Å². The van der Waals surface area contributed by atoms with Crippen molar-refractivity contribution in [1.82, 2.24) is 19.4 Å². The number of imidazole rings is 1. The Hall–Kier alpha value is -3.02. The van der Waals surface area contributed by atoms with Gasteiger partial charge in [0.15, 0.2) is 0 Å². The molecule has 0 amide bonds. The van der Waals surface area contributed by atoms with Crippen LogP contribution in [-0.4, -0.2) is 33.0 Å². The maximum absolute atomic E-state index is 13.6. The molecule has 1 aliphatic heterocycles.